The lowest BCUT2D eigenvalue weighted by Crippen LogP contribution is -2.21. The normalized spacial score (nSPS) is 19.4. The van der Waals surface area contributed by atoms with Gasteiger partial charge in [0.15, 0.2) is 0 Å². The Kier molecular flexibility index (Phi) is 6.72. The van der Waals surface area contributed by atoms with Crippen molar-refractivity contribution in [2.45, 2.75) is 63.9 Å². The molecule has 1 saturated carbocycles. The minimum absolute atomic E-state index is 0.139. The molecule has 1 amide bonds. The van der Waals surface area contributed by atoms with Crippen LogP contribution in [0.2, 0.25) is 0 Å². The topological polar surface area (TPSA) is 95.3 Å². The minimum atomic E-state index is -3.09. The highest BCUT2D eigenvalue weighted by Gasteiger charge is 2.28. The van der Waals surface area contributed by atoms with E-state index < -0.39 is 23.1 Å². The number of benzene rings is 1. The zero-order valence-corrected chi connectivity index (χ0v) is 20.3. The molecule has 9 heteroatoms. The average Bonchev–Trinajstić information content (AvgIpc) is 3.20. The number of aromatic nitrogens is 2. The number of nitrogens with zero attached hydrogens (tertiary/aromatic N) is 2. The van der Waals surface area contributed by atoms with E-state index in [9.17, 15) is 23.8 Å². The summed E-state index contributed by atoms with van der Waals surface area (Å²) in [6, 6.07) is 6.05. The van der Waals surface area contributed by atoms with E-state index in [0.717, 1.165) is 60.1 Å². The van der Waals surface area contributed by atoms with Gasteiger partial charge in [-0.1, -0.05) is 0 Å². The van der Waals surface area contributed by atoms with Crippen molar-refractivity contribution in [2.24, 2.45) is 5.92 Å². The van der Waals surface area contributed by atoms with Gasteiger partial charge in [0.25, 0.3) is 11.8 Å². The van der Waals surface area contributed by atoms with Crippen LogP contribution in [0.5, 0.6) is 0 Å². The van der Waals surface area contributed by atoms with Gasteiger partial charge in [-0.3, -0.25) is 9.78 Å². The molecule has 3 aromatic rings. The van der Waals surface area contributed by atoms with Crippen LogP contribution >= 0.6 is 11.3 Å². The van der Waals surface area contributed by atoms with Crippen LogP contribution in [-0.4, -0.2) is 32.7 Å². The van der Waals surface area contributed by atoms with Gasteiger partial charge < -0.3 is 15.5 Å². The fraction of sp³-hybridized carbons (Fsp3) is 0.480. The number of aliphatic hydroxyl groups excluding tert-OH is 1. The quantitative estimate of drug-likeness (QED) is 0.422. The number of alkyl halides is 2. The minimum Gasteiger partial charge on any atom is -0.396 e. The van der Waals surface area contributed by atoms with Gasteiger partial charge in [-0.25, -0.2) is 4.98 Å². The van der Waals surface area contributed by atoms with E-state index in [1.807, 2.05) is 6.07 Å². The zero-order valence-electron chi connectivity index (χ0n) is 19.4. The number of anilines is 1. The van der Waals surface area contributed by atoms with E-state index in [-0.39, 0.29) is 12.2 Å². The molecule has 1 aliphatic carbocycles. The molecule has 34 heavy (non-hydrogen) atoms. The molecule has 0 radical (unpaired) electrons. The number of nitrogens with one attached hydrogen (secondary N) is 1. The number of fused-ring (bicyclic) bond motifs is 1. The smallest absolute Gasteiger partial charge is 0.286 e. The first-order valence-corrected chi connectivity index (χ1v) is 12.2. The van der Waals surface area contributed by atoms with Crippen molar-refractivity contribution in [2.75, 3.05) is 11.9 Å². The van der Waals surface area contributed by atoms with Gasteiger partial charge in [-0.05, 0) is 69.7 Å². The predicted octanol–water partition coefficient (Wildman–Crippen LogP) is 5.55. The van der Waals surface area contributed by atoms with Gasteiger partial charge in [0.05, 0.1) is 26.4 Å². The first kappa shape index (κ1) is 24.6. The Hall–Kier alpha value is -2.49. The lowest BCUT2D eigenvalue weighted by molar-refractivity contribution is 0.0127. The van der Waals surface area contributed by atoms with Crippen molar-refractivity contribution < 1.29 is 23.8 Å². The van der Waals surface area contributed by atoms with E-state index in [1.54, 1.807) is 31.3 Å². The summed E-state index contributed by atoms with van der Waals surface area (Å²) in [6.45, 7) is 4.24. The second-order valence-electron chi connectivity index (χ2n) is 9.65. The standard InChI is InChI=1S/C25H29F2N3O3S/c1-24(2,33)17-10-19-20(34-23(30-19)15-6-4-14(13-31)5-7-15)11-18(17)29-22(32)16-8-9-21(28-12-16)25(3,26)27/h8-12,14-15,31,33H,4-7,13H2,1-3H3,(H,29,32). The maximum absolute atomic E-state index is 13.4. The number of pyridine rings is 1. The van der Waals surface area contributed by atoms with Gasteiger partial charge in [0.1, 0.15) is 5.69 Å². The monoisotopic (exact) mass is 489 g/mol. The zero-order chi connectivity index (χ0) is 24.7. The maximum Gasteiger partial charge on any atom is 0.286 e. The van der Waals surface area contributed by atoms with Crippen molar-refractivity contribution in [3.63, 3.8) is 0 Å². The number of hydrogen-bond donors (Lipinski definition) is 3. The molecular formula is C25H29F2N3O3S. The van der Waals surface area contributed by atoms with Crippen molar-refractivity contribution in [3.8, 4) is 0 Å². The first-order chi connectivity index (χ1) is 16.0. The Balaban J connectivity index is 1.62. The van der Waals surface area contributed by atoms with Gasteiger partial charge in [0, 0.05) is 36.9 Å². The molecule has 0 saturated heterocycles. The largest absolute Gasteiger partial charge is 0.396 e. The molecule has 1 aromatic carbocycles. The van der Waals surface area contributed by atoms with Crippen LogP contribution in [0.1, 0.15) is 79.0 Å². The van der Waals surface area contributed by atoms with Crippen LogP contribution in [0.25, 0.3) is 10.2 Å². The van der Waals surface area contributed by atoms with Crippen LogP contribution in [0.3, 0.4) is 0 Å². The Bertz CT molecular complexity index is 1180. The third kappa shape index (κ3) is 5.26. The van der Waals surface area contributed by atoms with Crippen molar-refractivity contribution in [1.29, 1.82) is 0 Å². The van der Waals surface area contributed by atoms with E-state index in [4.69, 9.17) is 4.98 Å². The summed E-state index contributed by atoms with van der Waals surface area (Å²) in [5, 5.41) is 24.0. The summed E-state index contributed by atoms with van der Waals surface area (Å²) >= 11 is 1.57. The molecule has 4 rings (SSSR count). The molecule has 1 fully saturated rings. The van der Waals surface area contributed by atoms with Crippen LogP contribution in [0.4, 0.5) is 14.5 Å². The lowest BCUT2D eigenvalue weighted by atomic mass is 9.83. The number of carbonyl (C=O) groups is 1. The Morgan fingerprint density at radius 3 is 2.44 bits per heavy atom. The molecule has 2 heterocycles. The van der Waals surface area contributed by atoms with E-state index in [1.165, 1.54) is 6.07 Å². The van der Waals surface area contributed by atoms with Crippen molar-refractivity contribution in [3.05, 3.63) is 52.3 Å². The van der Waals surface area contributed by atoms with Crippen LogP contribution < -0.4 is 5.32 Å². The number of aliphatic hydroxyl groups is 2. The molecule has 1 aliphatic rings. The van der Waals surface area contributed by atoms with Crippen LogP contribution in [0, 0.1) is 5.92 Å². The van der Waals surface area contributed by atoms with E-state index in [0.29, 0.717) is 23.1 Å². The molecule has 0 spiro atoms. The third-order valence-electron chi connectivity index (χ3n) is 6.38. The third-order valence-corrected chi connectivity index (χ3v) is 7.56. The maximum atomic E-state index is 13.4. The Labute approximate surface area is 201 Å². The number of hydrogen-bond acceptors (Lipinski definition) is 6. The van der Waals surface area contributed by atoms with Gasteiger partial charge in [-0.15, -0.1) is 11.3 Å². The summed E-state index contributed by atoms with van der Waals surface area (Å²) in [5.74, 6) is -2.89. The summed E-state index contributed by atoms with van der Waals surface area (Å²) in [7, 11) is 0. The highest BCUT2D eigenvalue weighted by molar-refractivity contribution is 7.18. The summed E-state index contributed by atoms with van der Waals surface area (Å²) < 4.78 is 27.8. The summed E-state index contributed by atoms with van der Waals surface area (Å²) in [6.07, 6.45) is 5.03. The van der Waals surface area contributed by atoms with Gasteiger partial charge >= 0.3 is 0 Å². The SMILES string of the molecule is CC(C)(O)c1cc2nc(C3CCC(CO)CC3)sc2cc1NC(=O)c1ccc(C(C)(F)F)nc1. The summed E-state index contributed by atoms with van der Waals surface area (Å²) in [4.78, 5) is 21.4. The molecule has 0 unspecified atom stereocenters. The van der Waals surface area contributed by atoms with Crippen molar-refractivity contribution in [1.82, 2.24) is 9.97 Å². The Morgan fingerprint density at radius 1 is 1.18 bits per heavy atom. The number of halogens is 2. The Morgan fingerprint density at radius 2 is 1.88 bits per heavy atom. The average molecular weight is 490 g/mol. The van der Waals surface area contributed by atoms with Gasteiger partial charge in [-0.2, -0.15) is 8.78 Å². The molecule has 0 bridgehead atoms. The fourth-order valence-corrected chi connectivity index (χ4v) is 5.51. The molecule has 3 N–H and O–H groups in total. The van der Waals surface area contributed by atoms with E-state index in [2.05, 4.69) is 10.3 Å². The van der Waals surface area contributed by atoms with Gasteiger partial charge in [0.2, 0.25) is 0 Å². The highest BCUT2D eigenvalue weighted by atomic mass is 32.1. The molecule has 182 valence electrons. The molecular weight excluding hydrogens is 460 g/mol. The number of thiazole rings is 1. The molecule has 0 aliphatic heterocycles. The fourth-order valence-electron chi connectivity index (χ4n) is 4.35. The first-order valence-electron chi connectivity index (χ1n) is 11.4. The second kappa shape index (κ2) is 9.28. The summed E-state index contributed by atoms with van der Waals surface area (Å²) in [5.41, 5.74) is 0.198. The second-order valence-corrected chi connectivity index (χ2v) is 10.7. The highest BCUT2D eigenvalue weighted by Crippen LogP contribution is 2.41. The predicted molar refractivity (Wildman–Crippen MR) is 128 cm³/mol. The van der Waals surface area contributed by atoms with Crippen molar-refractivity contribution >= 4 is 33.1 Å². The number of amides is 1. The molecule has 0 atom stereocenters. The van der Waals surface area contributed by atoms with Crippen LogP contribution in [-0.2, 0) is 11.5 Å². The van der Waals surface area contributed by atoms with Crippen LogP contribution in [0.15, 0.2) is 30.5 Å². The molecule has 6 nitrogen and oxygen atoms in total. The molecule has 2 aromatic heterocycles. The number of carbonyl (C=O) groups excluding carboxylic acids is 1. The number of rotatable bonds is 6. The lowest BCUT2D eigenvalue weighted by Gasteiger charge is -2.25. The van der Waals surface area contributed by atoms with E-state index >= 15 is 0 Å².